The first-order valence-corrected chi connectivity index (χ1v) is 5.23. The van der Waals surface area contributed by atoms with Crippen LogP contribution in [0.15, 0.2) is 24.3 Å². The molecule has 0 amide bonds. The van der Waals surface area contributed by atoms with Gasteiger partial charge in [0, 0.05) is 0 Å². The lowest BCUT2D eigenvalue weighted by Crippen LogP contribution is -2.05. The van der Waals surface area contributed by atoms with Crippen molar-refractivity contribution in [2.45, 2.75) is 32.6 Å². The highest BCUT2D eigenvalue weighted by atomic mass is 17.1. The minimum absolute atomic E-state index is 0.455. The van der Waals surface area contributed by atoms with Gasteiger partial charge in [-0.05, 0) is 24.5 Å². The van der Waals surface area contributed by atoms with Crippen LogP contribution in [0.1, 0.15) is 42.1 Å². The number of carbonyl (C=O) groups is 1. The maximum atomic E-state index is 11.2. The van der Waals surface area contributed by atoms with Crippen LogP contribution in [0.5, 0.6) is 0 Å². The molecule has 1 rings (SSSR count). The Kier molecular flexibility index (Phi) is 4.84. The Labute approximate surface area is 89.6 Å². The van der Waals surface area contributed by atoms with Gasteiger partial charge in [-0.1, -0.05) is 38.0 Å². The van der Waals surface area contributed by atoms with Crippen LogP contribution in [0, 0.1) is 0 Å². The fourth-order valence-corrected chi connectivity index (χ4v) is 1.55. The second-order valence-corrected chi connectivity index (χ2v) is 3.49. The van der Waals surface area contributed by atoms with Gasteiger partial charge < -0.3 is 0 Å². The van der Waals surface area contributed by atoms with E-state index in [1.807, 2.05) is 12.1 Å². The predicted molar refractivity (Wildman–Crippen MR) is 57.7 cm³/mol. The summed E-state index contributed by atoms with van der Waals surface area (Å²) in [6, 6.07) is 7.20. The molecule has 0 saturated heterocycles. The van der Waals surface area contributed by atoms with Crippen molar-refractivity contribution in [1.29, 1.82) is 0 Å². The van der Waals surface area contributed by atoms with E-state index in [0.717, 1.165) is 31.2 Å². The number of benzene rings is 1. The SMILES string of the molecule is CCCCCc1ccccc1C(=O)OO. The van der Waals surface area contributed by atoms with Crippen LogP contribution in [-0.2, 0) is 11.3 Å². The number of carbonyl (C=O) groups excluding carboxylic acids is 1. The minimum Gasteiger partial charge on any atom is -0.295 e. The fourth-order valence-electron chi connectivity index (χ4n) is 1.55. The van der Waals surface area contributed by atoms with E-state index < -0.39 is 5.97 Å². The minimum atomic E-state index is -0.679. The standard InChI is InChI=1S/C12H16O3/c1-2-3-4-7-10-8-5-6-9-11(10)12(13)15-14/h5-6,8-9,14H,2-4,7H2,1H3. The quantitative estimate of drug-likeness (QED) is 0.459. The summed E-state index contributed by atoms with van der Waals surface area (Å²) in [6.45, 7) is 2.13. The molecular formula is C12H16O3. The molecule has 0 aromatic heterocycles. The van der Waals surface area contributed by atoms with E-state index in [1.165, 1.54) is 0 Å². The van der Waals surface area contributed by atoms with E-state index >= 15 is 0 Å². The lowest BCUT2D eigenvalue weighted by Gasteiger charge is -2.05. The van der Waals surface area contributed by atoms with E-state index in [9.17, 15) is 4.79 Å². The van der Waals surface area contributed by atoms with Gasteiger partial charge in [0.15, 0.2) is 0 Å². The first kappa shape index (κ1) is 11.7. The molecule has 1 N–H and O–H groups in total. The molecule has 0 aliphatic rings. The van der Waals surface area contributed by atoms with Crippen molar-refractivity contribution < 1.29 is 14.9 Å². The number of aryl methyl sites for hydroxylation is 1. The van der Waals surface area contributed by atoms with Crippen molar-refractivity contribution in [2.75, 3.05) is 0 Å². The first-order valence-electron chi connectivity index (χ1n) is 5.23. The zero-order valence-corrected chi connectivity index (χ0v) is 8.90. The third-order valence-corrected chi connectivity index (χ3v) is 2.37. The summed E-state index contributed by atoms with van der Waals surface area (Å²) in [7, 11) is 0. The average Bonchev–Trinajstić information content (AvgIpc) is 2.29. The second-order valence-electron chi connectivity index (χ2n) is 3.49. The van der Waals surface area contributed by atoms with Crippen molar-refractivity contribution in [1.82, 2.24) is 0 Å². The van der Waals surface area contributed by atoms with Gasteiger partial charge in [0.25, 0.3) is 0 Å². The summed E-state index contributed by atoms with van der Waals surface area (Å²) in [5, 5.41) is 8.33. The average molecular weight is 208 g/mol. The summed E-state index contributed by atoms with van der Waals surface area (Å²) in [6.07, 6.45) is 4.18. The van der Waals surface area contributed by atoms with Gasteiger partial charge in [0.2, 0.25) is 0 Å². The van der Waals surface area contributed by atoms with Crippen LogP contribution in [0.25, 0.3) is 0 Å². The van der Waals surface area contributed by atoms with Crippen LogP contribution >= 0.6 is 0 Å². The maximum absolute atomic E-state index is 11.2. The van der Waals surface area contributed by atoms with E-state index in [0.29, 0.717) is 5.56 Å². The van der Waals surface area contributed by atoms with Crippen LogP contribution in [-0.4, -0.2) is 11.2 Å². The van der Waals surface area contributed by atoms with E-state index in [-0.39, 0.29) is 0 Å². The Morgan fingerprint density at radius 1 is 1.33 bits per heavy atom. The maximum Gasteiger partial charge on any atom is 0.373 e. The molecule has 0 bridgehead atoms. The molecule has 0 fully saturated rings. The van der Waals surface area contributed by atoms with Crippen LogP contribution in [0.2, 0.25) is 0 Å². The Balaban J connectivity index is 2.73. The zero-order chi connectivity index (χ0) is 11.1. The van der Waals surface area contributed by atoms with Gasteiger partial charge in [-0.3, -0.25) is 4.89 Å². The molecule has 0 unspecified atom stereocenters. The highest BCUT2D eigenvalue weighted by Crippen LogP contribution is 2.13. The highest BCUT2D eigenvalue weighted by Gasteiger charge is 2.11. The van der Waals surface area contributed by atoms with Gasteiger partial charge in [-0.15, -0.1) is 0 Å². The smallest absolute Gasteiger partial charge is 0.295 e. The molecule has 0 atom stereocenters. The summed E-state index contributed by atoms with van der Waals surface area (Å²) in [5.41, 5.74) is 1.39. The molecule has 3 heteroatoms. The Morgan fingerprint density at radius 2 is 2.07 bits per heavy atom. The Morgan fingerprint density at radius 3 is 2.73 bits per heavy atom. The normalized spacial score (nSPS) is 10.0. The molecule has 0 heterocycles. The summed E-state index contributed by atoms with van der Waals surface area (Å²) in [4.78, 5) is 14.9. The van der Waals surface area contributed by atoms with E-state index in [4.69, 9.17) is 5.26 Å². The van der Waals surface area contributed by atoms with Gasteiger partial charge in [-0.2, -0.15) is 5.26 Å². The third kappa shape index (κ3) is 3.36. The summed E-state index contributed by atoms with van der Waals surface area (Å²) < 4.78 is 0. The monoisotopic (exact) mass is 208 g/mol. The van der Waals surface area contributed by atoms with Crippen LogP contribution < -0.4 is 0 Å². The van der Waals surface area contributed by atoms with Gasteiger partial charge in [0.05, 0.1) is 5.56 Å². The lowest BCUT2D eigenvalue weighted by atomic mass is 10.0. The summed E-state index contributed by atoms with van der Waals surface area (Å²) >= 11 is 0. The predicted octanol–water partition coefficient (Wildman–Crippen LogP) is 3.05. The molecule has 3 nitrogen and oxygen atoms in total. The molecule has 0 aliphatic carbocycles. The topological polar surface area (TPSA) is 46.5 Å². The van der Waals surface area contributed by atoms with E-state index in [2.05, 4.69) is 11.8 Å². The largest absolute Gasteiger partial charge is 0.373 e. The molecule has 1 aromatic rings. The van der Waals surface area contributed by atoms with Crippen LogP contribution in [0.4, 0.5) is 0 Å². The second kappa shape index (κ2) is 6.19. The van der Waals surface area contributed by atoms with Crippen molar-refractivity contribution in [3.63, 3.8) is 0 Å². The number of unbranched alkanes of at least 4 members (excludes halogenated alkanes) is 2. The van der Waals surface area contributed by atoms with E-state index in [1.54, 1.807) is 12.1 Å². The molecule has 0 spiro atoms. The van der Waals surface area contributed by atoms with Gasteiger partial charge in [-0.25, -0.2) is 4.79 Å². The third-order valence-electron chi connectivity index (χ3n) is 2.37. The number of hydrogen-bond acceptors (Lipinski definition) is 3. The molecule has 0 saturated carbocycles. The lowest BCUT2D eigenvalue weighted by molar-refractivity contribution is -0.182. The molecule has 15 heavy (non-hydrogen) atoms. The fraction of sp³-hybridized carbons (Fsp3) is 0.417. The summed E-state index contributed by atoms with van der Waals surface area (Å²) in [5.74, 6) is -0.679. The number of hydrogen-bond donors (Lipinski definition) is 1. The molecule has 0 aliphatic heterocycles. The Bertz CT molecular complexity index is 320. The molecular weight excluding hydrogens is 192 g/mol. The van der Waals surface area contributed by atoms with Crippen molar-refractivity contribution >= 4 is 5.97 Å². The molecule has 0 radical (unpaired) electrons. The highest BCUT2D eigenvalue weighted by molar-refractivity contribution is 5.90. The molecule has 82 valence electrons. The number of rotatable bonds is 5. The van der Waals surface area contributed by atoms with Crippen molar-refractivity contribution in [2.24, 2.45) is 0 Å². The molecule has 1 aromatic carbocycles. The van der Waals surface area contributed by atoms with Gasteiger partial charge >= 0.3 is 5.97 Å². The first-order chi connectivity index (χ1) is 7.29. The van der Waals surface area contributed by atoms with Gasteiger partial charge in [0.1, 0.15) is 0 Å². The zero-order valence-electron chi connectivity index (χ0n) is 8.90. The van der Waals surface area contributed by atoms with Crippen molar-refractivity contribution in [3.05, 3.63) is 35.4 Å². The van der Waals surface area contributed by atoms with Crippen molar-refractivity contribution in [3.8, 4) is 0 Å². The Hall–Kier alpha value is -1.35. The van der Waals surface area contributed by atoms with Crippen LogP contribution in [0.3, 0.4) is 0 Å².